The number of hydrogen-bond acceptors (Lipinski definition) is 4. The standard InChI is InChI=1S/C27H27N3O2.ClH/c1-17(2)19-8-11-22(12-9-19)32-16-20-6-4-5-7-23(20)27(31)30-21-10-13-26-24(15-21)25(28)14-18(3)29-26;/h4-15,17H,16H2,1-3H3,(H2,28,29)(H,30,31);1H. The van der Waals surface area contributed by atoms with Gasteiger partial charge in [-0.25, -0.2) is 0 Å². The van der Waals surface area contributed by atoms with Crippen LogP contribution in [0.1, 0.15) is 46.9 Å². The Morgan fingerprint density at radius 1 is 1.03 bits per heavy atom. The Morgan fingerprint density at radius 2 is 1.76 bits per heavy atom. The number of ether oxygens (including phenoxy) is 1. The molecule has 0 saturated heterocycles. The first-order chi connectivity index (χ1) is 15.4. The van der Waals surface area contributed by atoms with E-state index in [1.807, 2.05) is 61.5 Å². The zero-order chi connectivity index (χ0) is 22.7. The number of aromatic nitrogens is 1. The maximum Gasteiger partial charge on any atom is 0.256 e. The molecule has 0 aliphatic rings. The number of nitrogens with one attached hydrogen (secondary N) is 1. The Labute approximate surface area is 200 Å². The number of nitrogens with zero attached hydrogens (tertiary/aromatic N) is 1. The number of carbonyl (C=O) groups excluding carboxylic acids is 1. The number of fused-ring (bicyclic) bond motifs is 1. The SMILES string of the molecule is Cc1cc(N)c2cc(NC(=O)c3ccccc3COc3ccc(C(C)C)cc3)ccc2n1.Cl. The number of nitrogens with two attached hydrogens (primary N) is 1. The molecular weight excluding hydrogens is 434 g/mol. The van der Waals surface area contributed by atoms with Crippen LogP contribution in [0.5, 0.6) is 5.75 Å². The van der Waals surface area contributed by atoms with Gasteiger partial charge in [0.05, 0.1) is 5.52 Å². The number of amides is 1. The average molecular weight is 462 g/mol. The molecule has 1 heterocycles. The number of halogens is 1. The number of rotatable bonds is 6. The average Bonchev–Trinajstić information content (AvgIpc) is 2.78. The fourth-order valence-corrected chi connectivity index (χ4v) is 3.64. The van der Waals surface area contributed by atoms with E-state index >= 15 is 0 Å². The highest BCUT2D eigenvalue weighted by atomic mass is 35.5. The van der Waals surface area contributed by atoms with Crippen molar-refractivity contribution in [3.63, 3.8) is 0 Å². The molecular formula is C27H28ClN3O2. The van der Waals surface area contributed by atoms with Gasteiger partial charge in [0.25, 0.3) is 5.91 Å². The minimum absolute atomic E-state index is 0. The fourth-order valence-electron chi connectivity index (χ4n) is 3.64. The molecule has 0 bridgehead atoms. The maximum absolute atomic E-state index is 13.0. The van der Waals surface area contributed by atoms with E-state index < -0.39 is 0 Å². The quantitative estimate of drug-likeness (QED) is 0.343. The van der Waals surface area contributed by atoms with Crippen molar-refractivity contribution < 1.29 is 9.53 Å². The third-order valence-corrected chi connectivity index (χ3v) is 5.43. The minimum Gasteiger partial charge on any atom is -0.489 e. The van der Waals surface area contributed by atoms with E-state index in [-0.39, 0.29) is 18.3 Å². The summed E-state index contributed by atoms with van der Waals surface area (Å²) in [7, 11) is 0. The Bertz CT molecular complexity index is 1270. The maximum atomic E-state index is 13.0. The molecule has 5 nitrogen and oxygen atoms in total. The molecule has 1 amide bonds. The zero-order valence-corrected chi connectivity index (χ0v) is 19.8. The van der Waals surface area contributed by atoms with Gasteiger partial charge in [0, 0.05) is 33.6 Å². The van der Waals surface area contributed by atoms with Crippen LogP contribution in [-0.2, 0) is 6.61 Å². The third kappa shape index (κ3) is 5.62. The van der Waals surface area contributed by atoms with Gasteiger partial charge in [-0.1, -0.05) is 44.2 Å². The van der Waals surface area contributed by atoms with Crippen molar-refractivity contribution in [3.8, 4) is 5.75 Å². The van der Waals surface area contributed by atoms with Gasteiger partial charge in [0.2, 0.25) is 0 Å². The monoisotopic (exact) mass is 461 g/mol. The van der Waals surface area contributed by atoms with E-state index in [2.05, 4.69) is 36.3 Å². The Hall–Kier alpha value is -3.57. The molecule has 33 heavy (non-hydrogen) atoms. The van der Waals surface area contributed by atoms with Gasteiger partial charge < -0.3 is 15.8 Å². The molecule has 6 heteroatoms. The molecule has 3 N–H and O–H groups in total. The van der Waals surface area contributed by atoms with Gasteiger partial charge in [-0.15, -0.1) is 12.4 Å². The predicted octanol–water partition coefficient (Wildman–Crippen LogP) is 6.50. The van der Waals surface area contributed by atoms with Crippen molar-refractivity contribution >= 4 is 40.6 Å². The van der Waals surface area contributed by atoms with Gasteiger partial charge in [-0.3, -0.25) is 9.78 Å². The molecule has 1 aromatic heterocycles. The molecule has 4 rings (SSSR count). The molecule has 0 radical (unpaired) electrons. The molecule has 0 aliphatic heterocycles. The smallest absolute Gasteiger partial charge is 0.256 e. The molecule has 3 aromatic carbocycles. The fraction of sp³-hybridized carbons (Fsp3) is 0.185. The first-order valence-corrected chi connectivity index (χ1v) is 10.7. The lowest BCUT2D eigenvalue weighted by atomic mass is 10.0. The summed E-state index contributed by atoms with van der Waals surface area (Å²) >= 11 is 0. The van der Waals surface area contributed by atoms with E-state index in [1.165, 1.54) is 5.56 Å². The second kappa shape index (κ2) is 10.4. The van der Waals surface area contributed by atoms with Crippen LogP contribution in [0.4, 0.5) is 11.4 Å². The lowest BCUT2D eigenvalue weighted by Gasteiger charge is -2.13. The highest BCUT2D eigenvalue weighted by molar-refractivity contribution is 6.06. The van der Waals surface area contributed by atoms with Crippen molar-refractivity contribution in [2.75, 3.05) is 11.1 Å². The Balaban J connectivity index is 0.00000306. The van der Waals surface area contributed by atoms with Gasteiger partial charge in [0.1, 0.15) is 12.4 Å². The summed E-state index contributed by atoms with van der Waals surface area (Å²) in [5, 5.41) is 3.79. The summed E-state index contributed by atoms with van der Waals surface area (Å²) < 4.78 is 5.95. The highest BCUT2D eigenvalue weighted by Gasteiger charge is 2.13. The highest BCUT2D eigenvalue weighted by Crippen LogP contribution is 2.25. The number of carbonyl (C=O) groups is 1. The van der Waals surface area contributed by atoms with Gasteiger partial charge in [-0.05, 0) is 60.9 Å². The zero-order valence-electron chi connectivity index (χ0n) is 19.0. The largest absolute Gasteiger partial charge is 0.489 e. The third-order valence-electron chi connectivity index (χ3n) is 5.43. The van der Waals surface area contributed by atoms with Crippen molar-refractivity contribution in [2.24, 2.45) is 0 Å². The van der Waals surface area contributed by atoms with Gasteiger partial charge in [0.15, 0.2) is 0 Å². The lowest BCUT2D eigenvalue weighted by molar-refractivity contribution is 0.102. The minimum atomic E-state index is -0.197. The van der Waals surface area contributed by atoms with Gasteiger partial charge >= 0.3 is 0 Å². The van der Waals surface area contributed by atoms with Crippen LogP contribution >= 0.6 is 12.4 Å². The van der Waals surface area contributed by atoms with Crippen LogP contribution < -0.4 is 15.8 Å². The first kappa shape index (κ1) is 24.1. The summed E-state index contributed by atoms with van der Waals surface area (Å²) in [6.07, 6.45) is 0. The second-order valence-electron chi connectivity index (χ2n) is 8.21. The van der Waals surface area contributed by atoms with Crippen LogP contribution in [0.25, 0.3) is 10.9 Å². The second-order valence-corrected chi connectivity index (χ2v) is 8.21. The summed E-state index contributed by atoms with van der Waals surface area (Å²) in [5.41, 5.74) is 11.8. The lowest BCUT2D eigenvalue weighted by Crippen LogP contribution is -2.15. The van der Waals surface area contributed by atoms with Crippen LogP contribution in [0.2, 0.25) is 0 Å². The van der Waals surface area contributed by atoms with E-state index in [4.69, 9.17) is 10.5 Å². The van der Waals surface area contributed by atoms with Crippen molar-refractivity contribution in [2.45, 2.75) is 33.3 Å². The van der Waals surface area contributed by atoms with E-state index in [0.29, 0.717) is 29.5 Å². The van der Waals surface area contributed by atoms with Crippen LogP contribution in [0.3, 0.4) is 0 Å². The number of pyridine rings is 1. The summed E-state index contributed by atoms with van der Waals surface area (Å²) in [6, 6.07) is 22.9. The van der Waals surface area contributed by atoms with Gasteiger partial charge in [-0.2, -0.15) is 0 Å². The molecule has 0 atom stereocenters. The van der Waals surface area contributed by atoms with E-state index in [1.54, 1.807) is 6.07 Å². The normalized spacial score (nSPS) is 10.7. The van der Waals surface area contributed by atoms with E-state index in [0.717, 1.165) is 27.9 Å². The number of anilines is 2. The number of hydrogen-bond donors (Lipinski definition) is 2. The molecule has 170 valence electrons. The van der Waals surface area contributed by atoms with Crippen molar-refractivity contribution in [1.82, 2.24) is 4.98 Å². The molecule has 0 saturated carbocycles. The number of nitrogen functional groups attached to an aromatic ring is 1. The van der Waals surface area contributed by atoms with E-state index in [9.17, 15) is 4.79 Å². The van der Waals surface area contributed by atoms with Crippen LogP contribution in [0, 0.1) is 6.92 Å². The van der Waals surface area contributed by atoms with Crippen LogP contribution in [-0.4, -0.2) is 10.9 Å². The van der Waals surface area contributed by atoms with Crippen molar-refractivity contribution in [3.05, 3.63) is 95.2 Å². The molecule has 0 fully saturated rings. The van der Waals surface area contributed by atoms with Crippen LogP contribution in [0.15, 0.2) is 72.8 Å². The topological polar surface area (TPSA) is 77.2 Å². The Morgan fingerprint density at radius 3 is 2.48 bits per heavy atom. The predicted molar refractivity (Wildman–Crippen MR) is 137 cm³/mol. The molecule has 0 aliphatic carbocycles. The first-order valence-electron chi connectivity index (χ1n) is 10.7. The molecule has 0 unspecified atom stereocenters. The number of benzene rings is 3. The summed E-state index contributed by atoms with van der Waals surface area (Å²) in [6.45, 7) is 6.53. The summed E-state index contributed by atoms with van der Waals surface area (Å²) in [5.74, 6) is 1.05. The number of aryl methyl sites for hydroxylation is 1. The Kier molecular flexibility index (Phi) is 7.56. The summed E-state index contributed by atoms with van der Waals surface area (Å²) in [4.78, 5) is 17.5. The molecule has 4 aromatic rings. The molecule has 0 spiro atoms. The van der Waals surface area contributed by atoms with Crippen molar-refractivity contribution in [1.29, 1.82) is 0 Å².